The molecule has 1 heterocycles. The Kier molecular flexibility index (Phi) is 8.26. The Morgan fingerprint density at radius 3 is 2.37 bits per heavy atom. The molecule has 0 radical (unpaired) electrons. The monoisotopic (exact) mass is 472 g/mol. The van der Waals surface area contributed by atoms with Crippen LogP contribution < -0.4 is 10.6 Å². The van der Waals surface area contributed by atoms with Crippen LogP contribution in [0, 0.1) is 13.8 Å². The number of rotatable bonds is 5. The third kappa shape index (κ3) is 6.67. The molecular formula is C22H25IN4. The summed E-state index contributed by atoms with van der Waals surface area (Å²) in [5.74, 6) is 0.738. The van der Waals surface area contributed by atoms with Gasteiger partial charge in [0.25, 0.3) is 0 Å². The predicted molar refractivity (Wildman–Crippen MR) is 124 cm³/mol. The lowest BCUT2D eigenvalue weighted by Crippen LogP contribution is -2.31. The van der Waals surface area contributed by atoms with E-state index in [1.165, 1.54) is 11.1 Å². The third-order valence-electron chi connectivity index (χ3n) is 4.12. The van der Waals surface area contributed by atoms with Gasteiger partial charge in [-0.2, -0.15) is 0 Å². The van der Waals surface area contributed by atoms with Crippen LogP contribution in [0.2, 0.25) is 0 Å². The number of aliphatic imine (C=N–C) groups is 1. The Morgan fingerprint density at radius 1 is 0.926 bits per heavy atom. The van der Waals surface area contributed by atoms with Crippen molar-refractivity contribution in [3.05, 3.63) is 95.3 Å². The molecule has 0 spiro atoms. The molecule has 0 aliphatic carbocycles. The molecule has 0 bridgehead atoms. The molecule has 140 valence electrons. The van der Waals surface area contributed by atoms with Crippen LogP contribution in [0.5, 0.6) is 0 Å². The number of nitrogens with zero attached hydrogens (tertiary/aromatic N) is 2. The zero-order chi connectivity index (χ0) is 18.2. The fourth-order valence-electron chi connectivity index (χ4n) is 2.53. The molecule has 4 nitrogen and oxygen atoms in total. The maximum absolute atomic E-state index is 4.73. The number of anilines is 1. The summed E-state index contributed by atoms with van der Waals surface area (Å²) in [4.78, 5) is 9.17. The number of pyridine rings is 1. The molecule has 0 fully saturated rings. The molecule has 0 amide bonds. The van der Waals surface area contributed by atoms with Crippen LogP contribution in [-0.2, 0) is 13.1 Å². The fourth-order valence-corrected chi connectivity index (χ4v) is 2.53. The molecule has 0 aliphatic heterocycles. The first-order chi connectivity index (χ1) is 12.7. The Hall–Kier alpha value is -2.41. The number of aromatic nitrogens is 1. The molecule has 0 aliphatic rings. The van der Waals surface area contributed by atoms with E-state index in [0.29, 0.717) is 13.1 Å². The highest BCUT2D eigenvalue weighted by Crippen LogP contribution is 2.08. The van der Waals surface area contributed by atoms with Gasteiger partial charge >= 0.3 is 0 Å². The molecule has 1 aromatic heterocycles. The summed E-state index contributed by atoms with van der Waals surface area (Å²) in [5, 5.41) is 6.74. The maximum Gasteiger partial charge on any atom is 0.196 e. The lowest BCUT2D eigenvalue weighted by molar-refractivity contribution is 0.849. The Balaban J connectivity index is 0.00000261. The zero-order valence-corrected chi connectivity index (χ0v) is 18.0. The molecule has 0 unspecified atom stereocenters. The van der Waals surface area contributed by atoms with Crippen LogP contribution in [0.3, 0.4) is 0 Å². The van der Waals surface area contributed by atoms with Crippen molar-refractivity contribution in [2.24, 2.45) is 4.99 Å². The number of halogens is 1. The molecule has 5 heteroatoms. The average Bonchev–Trinajstić information content (AvgIpc) is 2.67. The van der Waals surface area contributed by atoms with Crippen molar-refractivity contribution >= 4 is 35.6 Å². The number of benzene rings is 2. The number of nitrogens with one attached hydrogen (secondary N) is 2. The van der Waals surface area contributed by atoms with Gasteiger partial charge in [0.1, 0.15) is 0 Å². The summed E-state index contributed by atoms with van der Waals surface area (Å²) >= 11 is 0. The molecule has 2 aromatic carbocycles. The first kappa shape index (κ1) is 20.9. The van der Waals surface area contributed by atoms with Crippen molar-refractivity contribution in [3.63, 3.8) is 0 Å². The molecule has 3 rings (SSSR count). The van der Waals surface area contributed by atoms with Gasteiger partial charge in [-0.05, 0) is 43.2 Å². The van der Waals surface area contributed by atoms with Crippen LogP contribution in [0.15, 0.2) is 77.9 Å². The van der Waals surface area contributed by atoms with Gasteiger partial charge < -0.3 is 10.6 Å². The van der Waals surface area contributed by atoms with Crippen molar-refractivity contribution in [1.29, 1.82) is 0 Å². The summed E-state index contributed by atoms with van der Waals surface area (Å²) in [5.41, 5.74) is 5.62. The lowest BCUT2D eigenvalue weighted by atomic mass is 10.1. The molecule has 2 N–H and O–H groups in total. The summed E-state index contributed by atoms with van der Waals surface area (Å²) < 4.78 is 0. The maximum atomic E-state index is 4.73. The SMILES string of the molecule is Cc1ccc(CN=C(NCc2ncccc2C)Nc2ccccc2)cc1.I. The summed E-state index contributed by atoms with van der Waals surface area (Å²) in [6.07, 6.45) is 1.82. The second-order valence-corrected chi connectivity index (χ2v) is 6.26. The zero-order valence-electron chi connectivity index (χ0n) is 15.6. The Morgan fingerprint density at radius 2 is 1.67 bits per heavy atom. The number of guanidine groups is 1. The van der Waals surface area contributed by atoms with E-state index in [4.69, 9.17) is 4.99 Å². The van der Waals surface area contributed by atoms with Gasteiger partial charge in [0.2, 0.25) is 0 Å². The van der Waals surface area contributed by atoms with Crippen molar-refractivity contribution in [1.82, 2.24) is 10.3 Å². The molecule has 0 atom stereocenters. The normalized spacial score (nSPS) is 10.8. The molecule has 27 heavy (non-hydrogen) atoms. The van der Waals surface area contributed by atoms with E-state index in [-0.39, 0.29) is 24.0 Å². The standard InChI is InChI=1S/C22H24N4.HI/c1-17-10-12-19(13-11-17)15-24-22(26-20-8-4-3-5-9-20)25-16-21-18(2)7-6-14-23-21;/h3-14H,15-16H2,1-2H3,(H2,24,25,26);1H. The highest BCUT2D eigenvalue weighted by atomic mass is 127. The largest absolute Gasteiger partial charge is 0.350 e. The topological polar surface area (TPSA) is 49.3 Å². The molecule has 0 saturated heterocycles. The minimum absolute atomic E-state index is 0. The molecule has 3 aromatic rings. The van der Waals surface area contributed by atoms with Crippen LogP contribution >= 0.6 is 24.0 Å². The summed E-state index contributed by atoms with van der Waals surface area (Å²) in [7, 11) is 0. The first-order valence-electron chi connectivity index (χ1n) is 8.77. The fraction of sp³-hybridized carbons (Fsp3) is 0.182. The van der Waals surface area contributed by atoms with E-state index >= 15 is 0 Å². The first-order valence-corrected chi connectivity index (χ1v) is 8.77. The van der Waals surface area contributed by atoms with E-state index in [1.807, 2.05) is 42.6 Å². The van der Waals surface area contributed by atoms with E-state index in [1.54, 1.807) is 0 Å². The van der Waals surface area contributed by atoms with Gasteiger partial charge in [-0.15, -0.1) is 24.0 Å². The van der Waals surface area contributed by atoms with Crippen molar-refractivity contribution in [2.45, 2.75) is 26.9 Å². The second kappa shape index (κ2) is 10.7. The van der Waals surface area contributed by atoms with Crippen LogP contribution in [0.4, 0.5) is 5.69 Å². The summed E-state index contributed by atoms with van der Waals surface area (Å²) in [6, 6.07) is 22.5. The van der Waals surface area contributed by atoms with E-state index in [2.05, 4.69) is 59.8 Å². The van der Waals surface area contributed by atoms with Gasteiger partial charge in [-0.1, -0.05) is 54.1 Å². The highest BCUT2D eigenvalue weighted by molar-refractivity contribution is 14.0. The van der Waals surface area contributed by atoms with E-state index in [9.17, 15) is 0 Å². The minimum Gasteiger partial charge on any atom is -0.350 e. The van der Waals surface area contributed by atoms with Gasteiger partial charge in [-0.25, -0.2) is 4.99 Å². The van der Waals surface area contributed by atoms with Gasteiger partial charge in [-0.3, -0.25) is 4.98 Å². The van der Waals surface area contributed by atoms with Crippen molar-refractivity contribution < 1.29 is 0 Å². The quantitative estimate of drug-likeness (QED) is 0.310. The number of hydrogen-bond acceptors (Lipinski definition) is 2. The van der Waals surface area contributed by atoms with Crippen LogP contribution in [0.1, 0.15) is 22.4 Å². The van der Waals surface area contributed by atoms with Crippen LogP contribution in [0.25, 0.3) is 0 Å². The van der Waals surface area contributed by atoms with Gasteiger partial charge in [0, 0.05) is 11.9 Å². The number of para-hydroxylation sites is 1. The Labute approximate surface area is 178 Å². The van der Waals surface area contributed by atoms with Gasteiger partial charge in [0.15, 0.2) is 5.96 Å². The number of aryl methyl sites for hydroxylation is 2. The minimum atomic E-state index is 0. The van der Waals surface area contributed by atoms with Crippen LogP contribution in [-0.4, -0.2) is 10.9 Å². The van der Waals surface area contributed by atoms with E-state index in [0.717, 1.165) is 22.9 Å². The third-order valence-corrected chi connectivity index (χ3v) is 4.12. The predicted octanol–water partition coefficient (Wildman–Crippen LogP) is 5.07. The van der Waals surface area contributed by atoms with Gasteiger partial charge in [0.05, 0.1) is 18.8 Å². The summed E-state index contributed by atoms with van der Waals surface area (Å²) in [6.45, 7) is 5.40. The Bertz CT molecular complexity index is 861. The van der Waals surface area contributed by atoms with Crippen molar-refractivity contribution in [2.75, 3.05) is 5.32 Å². The average molecular weight is 472 g/mol. The highest BCUT2D eigenvalue weighted by Gasteiger charge is 2.03. The van der Waals surface area contributed by atoms with E-state index < -0.39 is 0 Å². The smallest absolute Gasteiger partial charge is 0.196 e. The lowest BCUT2D eigenvalue weighted by Gasteiger charge is -2.13. The van der Waals surface area contributed by atoms with Crippen molar-refractivity contribution in [3.8, 4) is 0 Å². The number of hydrogen-bond donors (Lipinski definition) is 2. The molecule has 0 saturated carbocycles. The molecular weight excluding hydrogens is 447 g/mol. The second-order valence-electron chi connectivity index (χ2n) is 6.26.